The molecule has 0 aliphatic carbocycles. The molecule has 1 saturated heterocycles. The van der Waals surface area contributed by atoms with Crippen LogP contribution in [0.4, 0.5) is 4.39 Å². The summed E-state index contributed by atoms with van der Waals surface area (Å²) < 4.78 is 14.7. The number of halogens is 1. The van der Waals surface area contributed by atoms with E-state index in [1.165, 1.54) is 18.2 Å². The maximum absolute atomic E-state index is 13.1. The number of benzene rings is 1. The minimum Gasteiger partial charge on any atom is -0.396 e. The Labute approximate surface area is 173 Å². The number of nitrogens with zero attached hydrogens (tertiary/aromatic N) is 2. The topological polar surface area (TPSA) is 91.6 Å². The van der Waals surface area contributed by atoms with Crippen molar-refractivity contribution in [2.75, 3.05) is 6.61 Å². The normalized spacial score (nSPS) is 24.4. The van der Waals surface area contributed by atoms with Gasteiger partial charge in [0.1, 0.15) is 11.9 Å². The number of fused-ring (bicyclic) bond motifs is 3. The van der Waals surface area contributed by atoms with E-state index in [9.17, 15) is 23.9 Å². The molecule has 1 fully saturated rings. The van der Waals surface area contributed by atoms with Crippen molar-refractivity contribution in [2.45, 2.75) is 38.5 Å². The minimum absolute atomic E-state index is 0.153. The summed E-state index contributed by atoms with van der Waals surface area (Å²) in [7, 11) is 0. The second kappa shape index (κ2) is 8.02. The maximum atomic E-state index is 13.1. The molecule has 1 aromatic carbocycles. The van der Waals surface area contributed by atoms with Gasteiger partial charge in [0.05, 0.1) is 6.04 Å². The van der Waals surface area contributed by atoms with E-state index in [1.54, 1.807) is 40.7 Å². The number of hydrogen-bond acceptors (Lipinski definition) is 4. The fraction of sp³-hybridized carbons (Fsp3) is 0.409. The Morgan fingerprint density at radius 2 is 1.93 bits per heavy atom. The van der Waals surface area contributed by atoms with Gasteiger partial charge in [-0.25, -0.2) is 4.39 Å². The zero-order valence-corrected chi connectivity index (χ0v) is 16.6. The van der Waals surface area contributed by atoms with Crippen molar-refractivity contribution in [3.63, 3.8) is 0 Å². The van der Waals surface area contributed by atoms with Crippen molar-refractivity contribution in [1.29, 1.82) is 0 Å². The van der Waals surface area contributed by atoms with Crippen LogP contribution in [0.5, 0.6) is 0 Å². The number of amides is 2. The number of carbonyl (C=O) groups is 2. The van der Waals surface area contributed by atoms with Crippen LogP contribution in [0.3, 0.4) is 0 Å². The number of aliphatic hydroxyl groups excluding tert-OH is 1. The van der Waals surface area contributed by atoms with Gasteiger partial charge in [0.2, 0.25) is 11.8 Å². The Morgan fingerprint density at radius 3 is 2.60 bits per heavy atom. The second-order valence-corrected chi connectivity index (χ2v) is 7.80. The largest absolute Gasteiger partial charge is 0.396 e. The van der Waals surface area contributed by atoms with E-state index in [2.05, 4.69) is 5.32 Å². The fourth-order valence-corrected chi connectivity index (χ4v) is 4.80. The highest BCUT2D eigenvalue weighted by Crippen LogP contribution is 2.49. The van der Waals surface area contributed by atoms with Crippen molar-refractivity contribution >= 4 is 11.8 Å². The minimum atomic E-state index is -0.832. The Balaban J connectivity index is 1.64. The zero-order chi connectivity index (χ0) is 21.4. The molecule has 3 heterocycles. The molecule has 4 atom stereocenters. The average molecular weight is 413 g/mol. The van der Waals surface area contributed by atoms with Crippen molar-refractivity contribution in [1.82, 2.24) is 14.8 Å². The second-order valence-electron chi connectivity index (χ2n) is 7.80. The molecular formula is C22H24FN3O4. The summed E-state index contributed by atoms with van der Waals surface area (Å²) in [6.07, 6.45) is 0.209. The average Bonchev–Trinajstić information content (AvgIpc) is 3.28. The summed E-state index contributed by atoms with van der Waals surface area (Å²) in [6.45, 7) is 2.00. The van der Waals surface area contributed by atoms with E-state index in [1.807, 2.05) is 0 Å². The van der Waals surface area contributed by atoms with Crippen LogP contribution in [0, 0.1) is 17.7 Å². The van der Waals surface area contributed by atoms with E-state index in [0.717, 1.165) is 5.56 Å². The van der Waals surface area contributed by atoms with Gasteiger partial charge >= 0.3 is 0 Å². The van der Waals surface area contributed by atoms with Gasteiger partial charge in [-0.15, -0.1) is 0 Å². The fourth-order valence-electron chi connectivity index (χ4n) is 4.80. The van der Waals surface area contributed by atoms with E-state index >= 15 is 0 Å². The van der Waals surface area contributed by atoms with Gasteiger partial charge in [-0.2, -0.15) is 0 Å². The van der Waals surface area contributed by atoms with Crippen molar-refractivity contribution in [3.05, 3.63) is 69.9 Å². The molecule has 1 aromatic heterocycles. The first-order valence-electron chi connectivity index (χ1n) is 10.1. The monoisotopic (exact) mass is 413 g/mol. The standard InChI is InChI=1S/C22H24FN3O4/c1-2-18(28)26-20-15(11-25-17(20)4-3-5-19(25)29)16(12-27)21(26)22(30)24-10-13-6-8-14(23)9-7-13/h3-9,15-16,20-21,27H,2,10-12H2,1H3,(H,24,30)/t15-,16-,20+,21-/m0/s1. The Morgan fingerprint density at radius 1 is 1.20 bits per heavy atom. The highest BCUT2D eigenvalue weighted by molar-refractivity contribution is 5.89. The van der Waals surface area contributed by atoms with Crippen molar-refractivity contribution < 1.29 is 19.1 Å². The summed E-state index contributed by atoms with van der Waals surface area (Å²) in [5.74, 6) is -1.63. The number of likely N-dealkylation sites (tertiary alicyclic amines) is 1. The van der Waals surface area contributed by atoms with Crippen LogP contribution < -0.4 is 10.9 Å². The molecule has 2 aliphatic rings. The third-order valence-corrected chi connectivity index (χ3v) is 6.19. The lowest BCUT2D eigenvalue weighted by molar-refractivity contribution is -0.141. The van der Waals surface area contributed by atoms with Gasteiger partial charge in [-0.05, 0) is 23.8 Å². The molecule has 0 saturated carbocycles. The zero-order valence-electron chi connectivity index (χ0n) is 16.6. The number of hydrogen-bond donors (Lipinski definition) is 2. The summed E-state index contributed by atoms with van der Waals surface area (Å²) >= 11 is 0. The van der Waals surface area contributed by atoms with Crippen LogP contribution >= 0.6 is 0 Å². The quantitative estimate of drug-likeness (QED) is 0.771. The van der Waals surface area contributed by atoms with Crippen LogP contribution in [-0.2, 0) is 22.7 Å². The molecule has 0 radical (unpaired) electrons. The van der Waals surface area contributed by atoms with Crippen LogP contribution in [0.1, 0.15) is 30.6 Å². The summed E-state index contributed by atoms with van der Waals surface area (Å²) in [5, 5.41) is 12.9. The molecule has 2 aromatic rings. The number of rotatable bonds is 5. The van der Waals surface area contributed by atoms with Crippen LogP contribution in [0.15, 0.2) is 47.3 Å². The predicted octanol–water partition coefficient (Wildman–Crippen LogP) is 1.20. The summed E-state index contributed by atoms with van der Waals surface area (Å²) in [5.41, 5.74) is 1.27. The molecule has 2 N–H and O–H groups in total. The molecule has 0 spiro atoms. The molecular weight excluding hydrogens is 389 g/mol. The molecule has 30 heavy (non-hydrogen) atoms. The van der Waals surface area contributed by atoms with Crippen molar-refractivity contribution in [2.24, 2.45) is 11.8 Å². The van der Waals surface area contributed by atoms with Crippen LogP contribution in [-0.4, -0.2) is 39.0 Å². The number of aromatic nitrogens is 1. The van der Waals surface area contributed by atoms with E-state index in [0.29, 0.717) is 12.2 Å². The lowest BCUT2D eigenvalue weighted by atomic mass is 9.88. The van der Waals surface area contributed by atoms with E-state index in [4.69, 9.17) is 0 Å². The third kappa shape index (κ3) is 3.31. The lowest BCUT2D eigenvalue weighted by Gasteiger charge is -2.30. The molecule has 2 amide bonds. The predicted molar refractivity (Wildman–Crippen MR) is 107 cm³/mol. The first kappa shape index (κ1) is 20.3. The van der Waals surface area contributed by atoms with Gasteiger partial charge in [0.15, 0.2) is 0 Å². The van der Waals surface area contributed by atoms with Crippen LogP contribution in [0.25, 0.3) is 0 Å². The highest BCUT2D eigenvalue weighted by atomic mass is 19.1. The van der Waals surface area contributed by atoms with Gasteiger partial charge in [0, 0.05) is 49.7 Å². The lowest BCUT2D eigenvalue weighted by Crippen LogP contribution is -2.50. The Bertz CT molecular complexity index is 1020. The van der Waals surface area contributed by atoms with Gasteiger partial charge in [-0.3, -0.25) is 14.4 Å². The smallest absolute Gasteiger partial charge is 0.250 e. The maximum Gasteiger partial charge on any atom is 0.250 e. The number of aliphatic hydroxyl groups is 1. The highest BCUT2D eigenvalue weighted by Gasteiger charge is 2.56. The molecule has 2 aliphatic heterocycles. The first-order valence-corrected chi connectivity index (χ1v) is 10.1. The number of pyridine rings is 1. The van der Waals surface area contributed by atoms with Crippen molar-refractivity contribution in [3.8, 4) is 0 Å². The van der Waals surface area contributed by atoms with Gasteiger partial charge < -0.3 is 19.9 Å². The Hall–Kier alpha value is -3.00. The first-order chi connectivity index (χ1) is 14.5. The SMILES string of the molecule is CCC(=O)N1[C@H](C(=O)NCc2ccc(F)cc2)[C@@H](CO)[C@@H]2Cn3c(cccc3=O)[C@@H]21. The summed E-state index contributed by atoms with van der Waals surface area (Å²) in [6, 6.07) is 9.47. The molecule has 7 nitrogen and oxygen atoms in total. The Kier molecular flexibility index (Phi) is 5.42. The van der Waals surface area contributed by atoms with E-state index in [-0.39, 0.29) is 48.7 Å². The summed E-state index contributed by atoms with van der Waals surface area (Å²) in [4.78, 5) is 39.8. The molecule has 8 heteroatoms. The van der Waals surface area contributed by atoms with Gasteiger partial charge in [0.25, 0.3) is 5.56 Å². The van der Waals surface area contributed by atoms with Crippen LogP contribution in [0.2, 0.25) is 0 Å². The van der Waals surface area contributed by atoms with E-state index < -0.39 is 18.0 Å². The molecule has 4 rings (SSSR count). The number of nitrogens with one attached hydrogen (secondary N) is 1. The molecule has 0 unspecified atom stereocenters. The molecule has 0 bridgehead atoms. The third-order valence-electron chi connectivity index (χ3n) is 6.19. The number of carbonyl (C=O) groups excluding carboxylic acids is 2. The van der Waals surface area contributed by atoms with Gasteiger partial charge in [-0.1, -0.05) is 25.1 Å². The molecule has 158 valence electrons.